The Hall–Kier alpha value is -2.73. The quantitative estimate of drug-likeness (QED) is 0.371. The van der Waals surface area contributed by atoms with Gasteiger partial charge in [-0.1, -0.05) is 23.7 Å². The summed E-state index contributed by atoms with van der Waals surface area (Å²) in [6.07, 6.45) is 0. The van der Waals surface area contributed by atoms with E-state index in [0.29, 0.717) is 37.3 Å². The number of hydrogen-bond donors (Lipinski definition) is 1. The molecular formula is C19H20ClN3O7S. The SMILES string of the molecule is O=C(COc1ccc(S(=O)(=O)O)cc1[N+](=O)[O-])N1CCN(Cc2ccc(Cl)cc2)CC1. The number of halogens is 1. The molecule has 3 rings (SSSR count). The van der Waals surface area contributed by atoms with E-state index >= 15 is 0 Å². The van der Waals surface area contributed by atoms with Gasteiger partial charge in [-0.25, -0.2) is 0 Å². The second-order valence-corrected chi connectivity index (χ2v) is 8.79. The predicted octanol–water partition coefficient (Wildman–Crippen LogP) is 2.22. The largest absolute Gasteiger partial charge is 0.477 e. The van der Waals surface area contributed by atoms with Crippen molar-refractivity contribution in [1.82, 2.24) is 9.80 Å². The van der Waals surface area contributed by atoms with Crippen LogP contribution >= 0.6 is 11.6 Å². The molecule has 1 amide bonds. The summed E-state index contributed by atoms with van der Waals surface area (Å²) in [6.45, 7) is 2.61. The molecule has 0 unspecified atom stereocenters. The second kappa shape index (κ2) is 9.60. The zero-order chi connectivity index (χ0) is 22.6. The van der Waals surface area contributed by atoms with E-state index in [0.717, 1.165) is 24.2 Å². The highest BCUT2D eigenvalue weighted by atomic mass is 35.5. The summed E-state index contributed by atoms with van der Waals surface area (Å²) in [4.78, 5) is 26.0. The lowest BCUT2D eigenvalue weighted by Gasteiger charge is -2.34. The standard InChI is InChI=1S/C19H20ClN3O7S/c20-15-3-1-14(2-4-15)12-21-7-9-22(10-8-21)19(24)13-30-18-6-5-16(31(27,28)29)11-17(18)23(25)26/h1-6,11H,7-10,12-13H2,(H,27,28,29). The Morgan fingerprint density at radius 2 is 1.77 bits per heavy atom. The average Bonchev–Trinajstić information content (AvgIpc) is 2.73. The number of nitro benzene ring substituents is 1. The highest BCUT2D eigenvalue weighted by Crippen LogP contribution is 2.29. The van der Waals surface area contributed by atoms with Gasteiger partial charge < -0.3 is 9.64 Å². The van der Waals surface area contributed by atoms with Crippen LogP contribution in [0.5, 0.6) is 5.75 Å². The Labute approximate surface area is 183 Å². The van der Waals surface area contributed by atoms with E-state index in [2.05, 4.69) is 4.90 Å². The fourth-order valence-corrected chi connectivity index (χ4v) is 3.78. The Morgan fingerprint density at radius 3 is 2.35 bits per heavy atom. The van der Waals surface area contributed by atoms with Gasteiger partial charge in [0.15, 0.2) is 12.4 Å². The van der Waals surface area contributed by atoms with E-state index in [1.54, 1.807) is 4.90 Å². The highest BCUT2D eigenvalue weighted by molar-refractivity contribution is 7.85. The number of amides is 1. The third-order valence-electron chi connectivity index (χ3n) is 4.82. The van der Waals surface area contributed by atoms with Gasteiger partial charge in [-0.2, -0.15) is 8.42 Å². The Kier molecular flexibility index (Phi) is 7.11. The molecule has 0 aliphatic carbocycles. The minimum absolute atomic E-state index is 0.257. The van der Waals surface area contributed by atoms with Gasteiger partial charge in [0.05, 0.1) is 4.92 Å². The van der Waals surface area contributed by atoms with Crippen LogP contribution in [0.2, 0.25) is 5.02 Å². The van der Waals surface area contributed by atoms with Crippen LogP contribution in [0, 0.1) is 10.1 Å². The van der Waals surface area contributed by atoms with Crippen LogP contribution in [-0.2, 0) is 21.5 Å². The van der Waals surface area contributed by atoms with E-state index in [4.69, 9.17) is 20.9 Å². The number of piperazine rings is 1. The van der Waals surface area contributed by atoms with Crippen molar-refractivity contribution >= 4 is 33.3 Å². The van der Waals surface area contributed by atoms with Crippen LogP contribution in [0.25, 0.3) is 0 Å². The summed E-state index contributed by atoms with van der Waals surface area (Å²) in [5.41, 5.74) is 0.462. The number of hydrogen-bond acceptors (Lipinski definition) is 7. The zero-order valence-electron chi connectivity index (χ0n) is 16.3. The summed E-state index contributed by atoms with van der Waals surface area (Å²) in [5, 5.41) is 11.9. The summed E-state index contributed by atoms with van der Waals surface area (Å²) in [6, 6.07) is 10.3. The van der Waals surface area contributed by atoms with Crippen molar-refractivity contribution < 1.29 is 27.4 Å². The molecule has 31 heavy (non-hydrogen) atoms. The fraction of sp³-hybridized carbons (Fsp3) is 0.316. The van der Waals surface area contributed by atoms with Gasteiger partial charge in [0.2, 0.25) is 0 Å². The molecule has 12 heteroatoms. The van der Waals surface area contributed by atoms with Crippen molar-refractivity contribution in [3.8, 4) is 5.75 Å². The van der Waals surface area contributed by atoms with Crippen molar-refractivity contribution in [2.24, 2.45) is 0 Å². The van der Waals surface area contributed by atoms with E-state index in [-0.39, 0.29) is 11.7 Å². The Bertz CT molecular complexity index is 1070. The number of nitro groups is 1. The molecule has 1 fully saturated rings. The smallest absolute Gasteiger partial charge is 0.312 e. The Balaban J connectivity index is 1.54. The van der Waals surface area contributed by atoms with Gasteiger partial charge in [-0.15, -0.1) is 0 Å². The van der Waals surface area contributed by atoms with Gasteiger partial charge in [-0.05, 0) is 29.8 Å². The molecule has 0 atom stereocenters. The van der Waals surface area contributed by atoms with Crippen molar-refractivity contribution in [3.63, 3.8) is 0 Å². The van der Waals surface area contributed by atoms with Gasteiger partial charge in [0, 0.05) is 43.8 Å². The molecule has 10 nitrogen and oxygen atoms in total. The summed E-state index contributed by atoms with van der Waals surface area (Å²) < 4.78 is 36.7. The number of ether oxygens (including phenoxy) is 1. The lowest BCUT2D eigenvalue weighted by atomic mass is 10.2. The molecule has 0 saturated carbocycles. The van der Waals surface area contributed by atoms with Crippen LogP contribution in [0.15, 0.2) is 47.4 Å². The molecule has 0 aromatic heterocycles. The molecule has 166 valence electrons. The molecule has 0 bridgehead atoms. The normalized spacial score (nSPS) is 15.0. The first-order valence-corrected chi connectivity index (χ1v) is 11.1. The highest BCUT2D eigenvalue weighted by Gasteiger charge is 2.24. The van der Waals surface area contributed by atoms with E-state index < -0.39 is 32.2 Å². The van der Waals surface area contributed by atoms with Gasteiger partial charge in [-0.3, -0.25) is 24.4 Å². The number of carbonyl (C=O) groups excluding carboxylic acids is 1. The van der Waals surface area contributed by atoms with Crippen molar-refractivity contribution in [2.45, 2.75) is 11.4 Å². The number of carbonyl (C=O) groups is 1. The summed E-state index contributed by atoms with van der Waals surface area (Å²) >= 11 is 5.89. The summed E-state index contributed by atoms with van der Waals surface area (Å²) in [7, 11) is -4.60. The van der Waals surface area contributed by atoms with Crippen LogP contribution in [0.1, 0.15) is 5.56 Å². The predicted molar refractivity (Wildman–Crippen MR) is 112 cm³/mol. The molecule has 1 heterocycles. The second-order valence-electron chi connectivity index (χ2n) is 6.93. The van der Waals surface area contributed by atoms with E-state index in [1.807, 2.05) is 24.3 Å². The zero-order valence-corrected chi connectivity index (χ0v) is 17.9. The van der Waals surface area contributed by atoms with Crippen molar-refractivity contribution in [2.75, 3.05) is 32.8 Å². The number of nitrogens with zero attached hydrogens (tertiary/aromatic N) is 3. The first-order valence-electron chi connectivity index (χ1n) is 9.27. The molecule has 1 N–H and O–H groups in total. The number of benzene rings is 2. The minimum Gasteiger partial charge on any atom is -0.477 e. The minimum atomic E-state index is -4.60. The van der Waals surface area contributed by atoms with E-state index in [9.17, 15) is 23.3 Å². The van der Waals surface area contributed by atoms with Gasteiger partial charge in [0.25, 0.3) is 16.0 Å². The van der Waals surface area contributed by atoms with Crippen molar-refractivity contribution in [1.29, 1.82) is 0 Å². The monoisotopic (exact) mass is 469 g/mol. The first kappa shape index (κ1) is 22.9. The summed E-state index contributed by atoms with van der Waals surface area (Å²) in [5.74, 6) is -0.591. The van der Waals surface area contributed by atoms with Crippen LogP contribution in [0.3, 0.4) is 0 Å². The van der Waals surface area contributed by atoms with Crippen LogP contribution in [0.4, 0.5) is 5.69 Å². The molecule has 0 spiro atoms. The first-order chi connectivity index (χ1) is 14.6. The molecule has 2 aromatic carbocycles. The third kappa shape index (κ3) is 6.14. The molecule has 2 aromatic rings. The van der Waals surface area contributed by atoms with E-state index in [1.165, 1.54) is 0 Å². The van der Waals surface area contributed by atoms with Crippen LogP contribution < -0.4 is 4.74 Å². The topological polar surface area (TPSA) is 130 Å². The molecular weight excluding hydrogens is 450 g/mol. The Morgan fingerprint density at radius 1 is 1.13 bits per heavy atom. The molecule has 1 aliphatic rings. The molecule has 0 radical (unpaired) electrons. The lowest BCUT2D eigenvalue weighted by molar-refractivity contribution is -0.386. The fourth-order valence-electron chi connectivity index (χ4n) is 3.16. The van der Waals surface area contributed by atoms with Crippen LogP contribution in [-0.4, -0.2) is 66.4 Å². The maximum atomic E-state index is 12.4. The maximum absolute atomic E-state index is 12.4. The lowest BCUT2D eigenvalue weighted by Crippen LogP contribution is -2.49. The average molecular weight is 470 g/mol. The molecule has 1 aliphatic heterocycles. The van der Waals surface area contributed by atoms with Gasteiger partial charge >= 0.3 is 5.69 Å². The third-order valence-corrected chi connectivity index (χ3v) is 5.92. The van der Waals surface area contributed by atoms with Crippen molar-refractivity contribution in [3.05, 3.63) is 63.2 Å². The number of rotatable bonds is 7. The van der Waals surface area contributed by atoms with Gasteiger partial charge in [0.1, 0.15) is 4.90 Å². The molecule has 1 saturated heterocycles. The maximum Gasteiger partial charge on any atom is 0.312 e.